The van der Waals surface area contributed by atoms with E-state index >= 15 is 0 Å². The van der Waals surface area contributed by atoms with Crippen LogP contribution in [0.1, 0.15) is 24.3 Å². The quantitative estimate of drug-likeness (QED) is 0.735. The number of carbonyl (C=O) groups excluding carboxylic acids is 1. The van der Waals surface area contributed by atoms with Crippen LogP contribution in [0.2, 0.25) is 0 Å². The van der Waals surface area contributed by atoms with E-state index in [9.17, 15) is 4.79 Å². The molecule has 0 aliphatic heterocycles. The third kappa shape index (κ3) is 1.41. The molecule has 0 bridgehead atoms. The maximum atomic E-state index is 11.6. The van der Waals surface area contributed by atoms with E-state index in [1.54, 1.807) is 6.07 Å². The molecule has 14 heavy (non-hydrogen) atoms. The molecule has 3 nitrogen and oxygen atoms in total. The normalized spacial score (nSPS) is 11.1. The molecular weight excluding hydrogens is 176 g/mol. The lowest BCUT2D eigenvalue weighted by molar-refractivity contribution is 0.0934. The number of carbonyl (C=O) groups is 1. The molecule has 2 heterocycles. The summed E-state index contributed by atoms with van der Waals surface area (Å²) in [7, 11) is 0. The van der Waals surface area contributed by atoms with Gasteiger partial charge in [-0.2, -0.15) is 0 Å². The largest absolute Gasteiger partial charge is 0.346 e. The van der Waals surface area contributed by atoms with Gasteiger partial charge in [0.25, 0.3) is 0 Å². The summed E-state index contributed by atoms with van der Waals surface area (Å²) in [6, 6.07) is 5.62. The number of Topliss-reactive ketones (excluding diaryl/α,β-unsaturated/α-hetero) is 1. The number of aromatic nitrogens is 2. The topological polar surface area (TPSA) is 45.8 Å². The number of hydrogen-bond acceptors (Lipinski definition) is 2. The summed E-state index contributed by atoms with van der Waals surface area (Å²) >= 11 is 0. The zero-order valence-electron chi connectivity index (χ0n) is 8.24. The van der Waals surface area contributed by atoms with Gasteiger partial charge in [0, 0.05) is 17.5 Å². The number of nitrogens with zero attached hydrogens (tertiary/aromatic N) is 1. The lowest BCUT2D eigenvalue weighted by Gasteiger charge is -2.02. The summed E-state index contributed by atoms with van der Waals surface area (Å²) in [5.41, 5.74) is 1.31. The van der Waals surface area contributed by atoms with Crippen LogP contribution in [0.3, 0.4) is 0 Å². The van der Waals surface area contributed by atoms with Crippen LogP contribution in [0.4, 0.5) is 0 Å². The monoisotopic (exact) mass is 188 g/mol. The van der Waals surface area contributed by atoms with Gasteiger partial charge in [-0.3, -0.25) is 4.79 Å². The van der Waals surface area contributed by atoms with Crippen molar-refractivity contribution in [2.24, 2.45) is 5.92 Å². The summed E-state index contributed by atoms with van der Waals surface area (Å²) in [5, 5.41) is 1.03. The number of aromatic amines is 1. The summed E-state index contributed by atoms with van der Waals surface area (Å²) < 4.78 is 0. The van der Waals surface area contributed by atoms with Gasteiger partial charge in [0.1, 0.15) is 11.3 Å². The van der Waals surface area contributed by atoms with Crippen LogP contribution in [-0.4, -0.2) is 15.8 Å². The minimum absolute atomic E-state index is 0.00471. The van der Waals surface area contributed by atoms with E-state index in [2.05, 4.69) is 9.97 Å². The number of H-pyrrole nitrogens is 1. The molecule has 0 unspecified atom stereocenters. The molecule has 0 amide bonds. The third-order valence-corrected chi connectivity index (χ3v) is 2.19. The molecule has 2 aromatic heterocycles. The van der Waals surface area contributed by atoms with Crippen molar-refractivity contribution in [3.8, 4) is 0 Å². The first-order chi connectivity index (χ1) is 6.68. The van der Waals surface area contributed by atoms with Gasteiger partial charge >= 0.3 is 0 Å². The van der Waals surface area contributed by atoms with Crippen molar-refractivity contribution in [3.05, 3.63) is 30.1 Å². The standard InChI is InChI=1S/C11H12N2O/c1-7(2)10(14)9-4-3-8-5-6-12-11(8)13-9/h3-7H,1-2H3,(H,12,13). The molecule has 1 N–H and O–H groups in total. The maximum absolute atomic E-state index is 11.6. The highest BCUT2D eigenvalue weighted by molar-refractivity contribution is 5.97. The highest BCUT2D eigenvalue weighted by Gasteiger charge is 2.12. The van der Waals surface area contributed by atoms with E-state index in [4.69, 9.17) is 0 Å². The Kier molecular flexibility index (Phi) is 2.08. The average molecular weight is 188 g/mol. The Morgan fingerprint density at radius 3 is 2.86 bits per heavy atom. The fraction of sp³-hybridized carbons (Fsp3) is 0.273. The Labute approximate surface area is 82.2 Å². The molecule has 0 spiro atoms. The molecule has 0 aromatic carbocycles. The number of ketones is 1. The van der Waals surface area contributed by atoms with Gasteiger partial charge in [-0.05, 0) is 18.2 Å². The van der Waals surface area contributed by atoms with Gasteiger partial charge in [0.15, 0.2) is 5.78 Å². The molecule has 2 aromatic rings. The lowest BCUT2D eigenvalue weighted by atomic mass is 10.1. The predicted molar refractivity (Wildman–Crippen MR) is 55.3 cm³/mol. The highest BCUT2D eigenvalue weighted by Crippen LogP contribution is 2.12. The van der Waals surface area contributed by atoms with Gasteiger partial charge in [-0.15, -0.1) is 0 Å². The second-order valence-corrected chi connectivity index (χ2v) is 3.63. The van der Waals surface area contributed by atoms with E-state index in [0.717, 1.165) is 11.0 Å². The van der Waals surface area contributed by atoms with Crippen LogP contribution in [0.15, 0.2) is 24.4 Å². The fourth-order valence-electron chi connectivity index (χ4n) is 1.36. The zero-order chi connectivity index (χ0) is 10.1. The number of nitrogens with one attached hydrogen (secondary N) is 1. The second-order valence-electron chi connectivity index (χ2n) is 3.63. The van der Waals surface area contributed by atoms with Crippen LogP contribution in [0.25, 0.3) is 11.0 Å². The van der Waals surface area contributed by atoms with Gasteiger partial charge in [-0.1, -0.05) is 13.8 Å². The second kappa shape index (κ2) is 3.25. The van der Waals surface area contributed by atoms with Crippen LogP contribution >= 0.6 is 0 Å². The van der Waals surface area contributed by atoms with Crippen molar-refractivity contribution in [1.29, 1.82) is 0 Å². The first-order valence-corrected chi connectivity index (χ1v) is 4.67. The minimum atomic E-state index is -0.00471. The van der Waals surface area contributed by atoms with Crippen molar-refractivity contribution in [2.45, 2.75) is 13.8 Å². The van der Waals surface area contributed by atoms with Crippen LogP contribution in [-0.2, 0) is 0 Å². The molecule has 3 heteroatoms. The SMILES string of the molecule is CC(C)C(=O)c1ccc2cc[nH]c2n1. The van der Waals surface area contributed by atoms with E-state index in [1.807, 2.05) is 32.2 Å². The molecule has 0 saturated carbocycles. The first-order valence-electron chi connectivity index (χ1n) is 4.67. The van der Waals surface area contributed by atoms with E-state index in [0.29, 0.717) is 5.69 Å². The lowest BCUT2D eigenvalue weighted by Crippen LogP contribution is -2.09. The zero-order valence-corrected chi connectivity index (χ0v) is 8.24. The van der Waals surface area contributed by atoms with Crippen LogP contribution < -0.4 is 0 Å². The number of rotatable bonds is 2. The van der Waals surface area contributed by atoms with Crippen molar-refractivity contribution >= 4 is 16.8 Å². The smallest absolute Gasteiger partial charge is 0.183 e. The minimum Gasteiger partial charge on any atom is -0.346 e. The van der Waals surface area contributed by atoms with Crippen LogP contribution in [0.5, 0.6) is 0 Å². The Morgan fingerprint density at radius 1 is 1.36 bits per heavy atom. The van der Waals surface area contributed by atoms with E-state index < -0.39 is 0 Å². The van der Waals surface area contributed by atoms with Crippen molar-refractivity contribution in [2.75, 3.05) is 0 Å². The van der Waals surface area contributed by atoms with E-state index in [-0.39, 0.29) is 11.7 Å². The molecule has 0 radical (unpaired) electrons. The average Bonchev–Trinajstić information content (AvgIpc) is 2.62. The van der Waals surface area contributed by atoms with E-state index in [1.165, 1.54) is 0 Å². The number of hydrogen-bond donors (Lipinski definition) is 1. The summed E-state index contributed by atoms with van der Waals surface area (Å²) in [6.45, 7) is 3.76. The Bertz CT molecular complexity index is 471. The molecule has 0 aliphatic rings. The number of fused-ring (bicyclic) bond motifs is 1. The number of pyridine rings is 1. The van der Waals surface area contributed by atoms with Crippen molar-refractivity contribution in [3.63, 3.8) is 0 Å². The molecule has 0 saturated heterocycles. The van der Waals surface area contributed by atoms with Crippen LogP contribution in [0, 0.1) is 5.92 Å². The summed E-state index contributed by atoms with van der Waals surface area (Å²) in [4.78, 5) is 18.9. The van der Waals surface area contributed by atoms with Gasteiger partial charge in [0.05, 0.1) is 0 Å². The Hall–Kier alpha value is -1.64. The van der Waals surface area contributed by atoms with Gasteiger partial charge < -0.3 is 4.98 Å². The molecule has 0 atom stereocenters. The third-order valence-electron chi connectivity index (χ3n) is 2.19. The first kappa shape index (κ1) is 8.94. The Balaban J connectivity index is 2.48. The summed E-state index contributed by atoms with van der Waals surface area (Å²) in [6.07, 6.45) is 1.82. The van der Waals surface area contributed by atoms with Gasteiger partial charge in [-0.25, -0.2) is 4.98 Å². The molecule has 72 valence electrons. The fourth-order valence-corrected chi connectivity index (χ4v) is 1.36. The maximum Gasteiger partial charge on any atom is 0.183 e. The molecule has 2 rings (SSSR count). The molecule has 0 aliphatic carbocycles. The molecule has 0 fully saturated rings. The van der Waals surface area contributed by atoms with Crippen molar-refractivity contribution < 1.29 is 4.79 Å². The Morgan fingerprint density at radius 2 is 2.14 bits per heavy atom. The van der Waals surface area contributed by atoms with Gasteiger partial charge in [0.2, 0.25) is 0 Å². The predicted octanol–water partition coefficient (Wildman–Crippen LogP) is 2.40. The summed E-state index contributed by atoms with van der Waals surface area (Å²) in [5.74, 6) is 0.0800. The highest BCUT2D eigenvalue weighted by atomic mass is 16.1. The van der Waals surface area contributed by atoms with Crippen molar-refractivity contribution in [1.82, 2.24) is 9.97 Å². The molecular formula is C11H12N2O.